The van der Waals surface area contributed by atoms with Gasteiger partial charge in [0.2, 0.25) is 5.91 Å². The first-order valence-corrected chi connectivity index (χ1v) is 8.79. The Bertz CT molecular complexity index is 644. The summed E-state index contributed by atoms with van der Waals surface area (Å²) in [4.78, 5) is 11.8. The molecule has 2 rings (SSSR count). The topological polar surface area (TPSA) is 29.1 Å². The van der Waals surface area contributed by atoms with Crippen LogP contribution in [0.5, 0.6) is 0 Å². The van der Waals surface area contributed by atoms with Gasteiger partial charge in [-0.25, -0.2) is 0 Å². The fraction of sp³-hybridized carbons (Fsp3) is 0.235. The van der Waals surface area contributed by atoms with Crippen molar-refractivity contribution in [2.45, 2.75) is 19.2 Å². The Morgan fingerprint density at radius 3 is 2.41 bits per heavy atom. The number of hydrogen-bond acceptors (Lipinski definition) is 2. The van der Waals surface area contributed by atoms with Crippen LogP contribution in [0.15, 0.2) is 42.5 Å². The van der Waals surface area contributed by atoms with E-state index in [1.165, 1.54) is 5.56 Å². The summed E-state index contributed by atoms with van der Waals surface area (Å²) in [6, 6.07) is 13.7. The van der Waals surface area contributed by atoms with E-state index in [0.29, 0.717) is 22.3 Å². The third-order valence-corrected chi connectivity index (χ3v) is 4.84. The molecule has 0 bridgehead atoms. The van der Waals surface area contributed by atoms with Gasteiger partial charge in [-0.1, -0.05) is 59.1 Å². The van der Waals surface area contributed by atoms with Crippen molar-refractivity contribution in [3.63, 3.8) is 0 Å². The van der Waals surface area contributed by atoms with Crippen LogP contribution in [0.1, 0.15) is 16.7 Å². The number of hydrogen-bond donors (Lipinski definition) is 1. The number of halogens is 2. The van der Waals surface area contributed by atoms with Crippen molar-refractivity contribution in [3.8, 4) is 0 Å². The van der Waals surface area contributed by atoms with E-state index in [2.05, 4.69) is 5.32 Å². The maximum Gasteiger partial charge on any atom is 0.230 e. The molecule has 0 saturated heterocycles. The van der Waals surface area contributed by atoms with Crippen molar-refractivity contribution in [2.75, 3.05) is 5.75 Å². The molecule has 22 heavy (non-hydrogen) atoms. The van der Waals surface area contributed by atoms with Crippen LogP contribution in [-0.2, 0) is 17.1 Å². The van der Waals surface area contributed by atoms with Gasteiger partial charge < -0.3 is 5.32 Å². The van der Waals surface area contributed by atoms with E-state index in [4.69, 9.17) is 23.2 Å². The molecule has 2 aromatic rings. The molecule has 2 aromatic carbocycles. The zero-order valence-electron chi connectivity index (χ0n) is 12.2. The smallest absolute Gasteiger partial charge is 0.230 e. The van der Waals surface area contributed by atoms with Crippen LogP contribution >= 0.6 is 35.0 Å². The van der Waals surface area contributed by atoms with Gasteiger partial charge in [-0.3, -0.25) is 4.79 Å². The Balaban J connectivity index is 1.71. The van der Waals surface area contributed by atoms with Crippen LogP contribution in [0.4, 0.5) is 0 Å². The normalized spacial score (nSPS) is 10.5. The second-order valence-corrected chi connectivity index (χ2v) is 6.80. The predicted octanol–water partition coefficient (Wildman–Crippen LogP) is 4.85. The van der Waals surface area contributed by atoms with Gasteiger partial charge >= 0.3 is 0 Å². The fourth-order valence-corrected chi connectivity index (χ4v) is 2.97. The lowest BCUT2D eigenvalue weighted by Gasteiger charge is -2.06. The van der Waals surface area contributed by atoms with Gasteiger partial charge in [0, 0.05) is 12.3 Å². The molecule has 1 amide bonds. The van der Waals surface area contributed by atoms with E-state index in [9.17, 15) is 4.79 Å². The van der Waals surface area contributed by atoms with Crippen LogP contribution in [0.2, 0.25) is 10.0 Å². The van der Waals surface area contributed by atoms with E-state index in [1.54, 1.807) is 17.8 Å². The molecule has 1 N–H and O–H groups in total. The third-order valence-electron chi connectivity index (χ3n) is 3.10. The van der Waals surface area contributed by atoms with Crippen molar-refractivity contribution in [3.05, 3.63) is 69.2 Å². The molecule has 0 aliphatic rings. The summed E-state index contributed by atoms with van der Waals surface area (Å²) in [5.74, 6) is 1.19. The Morgan fingerprint density at radius 2 is 1.73 bits per heavy atom. The summed E-state index contributed by atoms with van der Waals surface area (Å²) >= 11 is 13.4. The van der Waals surface area contributed by atoms with Gasteiger partial charge in [0.15, 0.2) is 0 Å². The number of nitrogens with one attached hydrogen (secondary N) is 1. The molecule has 0 aliphatic carbocycles. The lowest BCUT2D eigenvalue weighted by atomic mass is 10.1. The van der Waals surface area contributed by atoms with E-state index >= 15 is 0 Å². The zero-order valence-corrected chi connectivity index (χ0v) is 14.6. The average molecular weight is 354 g/mol. The van der Waals surface area contributed by atoms with Crippen LogP contribution in [0.3, 0.4) is 0 Å². The van der Waals surface area contributed by atoms with E-state index < -0.39 is 0 Å². The molecular formula is C17H17Cl2NOS. The molecule has 0 saturated carbocycles. The summed E-state index contributed by atoms with van der Waals surface area (Å²) in [5.41, 5.74) is 3.38. The first-order chi connectivity index (χ1) is 10.5. The maximum absolute atomic E-state index is 11.8. The largest absolute Gasteiger partial charge is 0.351 e. The molecule has 0 aromatic heterocycles. The molecule has 5 heteroatoms. The number of benzene rings is 2. The summed E-state index contributed by atoms with van der Waals surface area (Å²) in [6.45, 7) is 2.61. The minimum atomic E-state index is 0.0330. The molecule has 0 aliphatic heterocycles. The monoisotopic (exact) mass is 353 g/mol. The lowest BCUT2D eigenvalue weighted by molar-refractivity contribution is -0.118. The number of thioether (sulfide) groups is 1. The summed E-state index contributed by atoms with van der Waals surface area (Å²) in [5, 5.41) is 4.01. The van der Waals surface area contributed by atoms with Gasteiger partial charge in [-0.2, -0.15) is 0 Å². The fourth-order valence-electron chi connectivity index (χ4n) is 1.85. The van der Waals surface area contributed by atoms with E-state index in [0.717, 1.165) is 16.9 Å². The highest BCUT2D eigenvalue weighted by Gasteiger charge is 2.04. The molecule has 116 valence electrons. The van der Waals surface area contributed by atoms with Crippen molar-refractivity contribution in [1.82, 2.24) is 5.32 Å². The van der Waals surface area contributed by atoms with Crippen LogP contribution < -0.4 is 5.32 Å². The second-order valence-electron chi connectivity index (χ2n) is 5.00. The number of amides is 1. The van der Waals surface area contributed by atoms with Gasteiger partial charge in [0.05, 0.1) is 15.8 Å². The van der Waals surface area contributed by atoms with Crippen molar-refractivity contribution < 1.29 is 4.79 Å². The second kappa shape index (κ2) is 8.47. The van der Waals surface area contributed by atoms with Gasteiger partial charge in [-0.15, -0.1) is 11.8 Å². The number of rotatable bonds is 6. The van der Waals surface area contributed by atoms with Crippen molar-refractivity contribution in [2.24, 2.45) is 0 Å². The van der Waals surface area contributed by atoms with Crippen molar-refractivity contribution in [1.29, 1.82) is 0 Å². The molecule has 0 radical (unpaired) electrons. The number of carbonyl (C=O) groups is 1. The van der Waals surface area contributed by atoms with E-state index in [-0.39, 0.29) is 5.91 Å². The Morgan fingerprint density at radius 1 is 1.05 bits per heavy atom. The summed E-state index contributed by atoms with van der Waals surface area (Å²) in [6.07, 6.45) is 0. The Hall–Kier alpha value is -1.16. The van der Waals surface area contributed by atoms with Crippen LogP contribution in [0.25, 0.3) is 0 Å². The molecular weight excluding hydrogens is 337 g/mol. The number of aryl methyl sites for hydroxylation is 1. The number of carbonyl (C=O) groups excluding carboxylic acids is 1. The van der Waals surface area contributed by atoms with Crippen LogP contribution in [0, 0.1) is 6.92 Å². The van der Waals surface area contributed by atoms with Gasteiger partial charge in [0.1, 0.15) is 0 Å². The molecule has 0 heterocycles. The third kappa shape index (κ3) is 5.56. The quantitative estimate of drug-likeness (QED) is 0.803. The molecule has 0 atom stereocenters. The Labute approximate surface area is 145 Å². The standard InChI is InChI=1S/C17H17Cl2NOS/c1-12-2-4-13(5-3-12)9-20-17(21)11-22-10-14-6-7-15(18)16(19)8-14/h2-8H,9-11H2,1H3,(H,20,21). The molecule has 0 spiro atoms. The summed E-state index contributed by atoms with van der Waals surface area (Å²) < 4.78 is 0. The SMILES string of the molecule is Cc1ccc(CNC(=O)CSCc2ccc(Cl)c(Cl)c2)cc1. The minimum Gasteiger partial charge on any atom is -0.351 e. The first kappa shape index (κ1) is 17.2. The molecule has 0 unspecified atom stereocenters. The van der Waals surface area contributed by atoms with E-state index in [1.807, 2.05) is 43.3 Å². The van der Waals surface area contributed by atoms with Gasteiger partial charge in [-0.05, 0) is 30.2 Å². The molecule has 0 fully saturated rings. The average Bonchev–Trinajstić information content (AvgIpc) is 2.50. The summed E-state index contributed by atoms with van der Waals surface area (Å²) in [7, 11) is 0. The van der Waals surface area contributed by atoms with Crippen LogP contribution in [-0.4, -0.2) is 11.7 Å². The van der Waals surface area contributed by atoms with Gasteiger partial charge in [0.25, 0.3) is 0 Å². The molecule has 2 nitrogen and oxygen atoms in total. The highest BCUT2D eigenvalue weighted by molar-refractivity contribution is 7.99. The lowest BCUT2D eigenvalue weighted by Crippen LogP contribution is -2.24. The van der Waals surface area contributed by atoms with Crippen molar-refractivity contribution >= 4 is 40.9 Å². The Kier molecular flexibility index (Phi) is 6.62. The highest BCUT2D eigenvalue weighted by atomic mass is 35.5. The zero-order chi connectivity index (χ0) is 15.9. The minimum absolute atomic E-state index is 0.0330. The maximum atomic E-state index is 11.8. The first-order valence-electron chi connectivity index (χ1n) is 6.88. The predicted molar refractivity (Wildman–Crippen MR) is 95.6 cm³/mol. The highest BCUT2D eigenvalue weighted by Crippen LogP contribution is 2.24.